The molecule has 20 heavy (non-hydrogen) atoms. The van der Waals surface area contributed by atoms with E-state index in [2.05, 4.69) is 18.3 Å². The Morgan fingerprint density at radius 1 is 1.45 bits per heavy atom. The summed E-state index contributed by atoms with van der Waals surface area (Å²) in [7, 11) is 0. The molecule has 1 saturated carbocycles. The number of aliphatic hydroxyl groups is 1. The predicted octanol–water partition coefficient (Wildman–Crippen LogP) is 2.88. The van der Waals surface area contributed by atoms with Crippen LogP contribution >= 0.6 is 0 Å². The van der Waals surface area contributed by atoms with Crippen molar-refractivity contribution in [2.75, 3.05) is 17.6 Å². The molecule has 0 atom stereocenters. The zero-order valence-electron chi connectivity index (χ0n) is 12.0. The molecular formula is C16H23N3O. The Bertz CT molecular complexity index is 499. The maximum absolute atomic E-state index is 10.6. The van der Waals surface area contributed by atoms with Crippen LogP contribution in [0.15, 0.2) is 18.2 Å². The van der Waals surface area contributed by atoms with Gasteiger partial charge in [-0.25, -0.2) is 0 Å². The van der Waals surface area contributed by atoms with Crippen molar-refractivity contribution < 1.29 is 5.11 Å². The summed E-state index contributed by atoms with van der Waals surface area (Å²) in [5, 5.41) is 22.7. The molecule has 1 fully saturated rings. The number of nitrogens with zero attached hydrogens (tertiary/aromatic N) is 1. The Hall–Kier alpha value is -1.73. The number of rotatable bonds is 4. The van der Waals surface area contributed by atoms with Crippen LogP contribution in [0.1, 0.15) is 44.6 Å². The molecule has 0 unspecified atom stereocenters. The van der Waals surface area contributed by atoms with Gasteiger partial charge < -0.3 is 16.2 Å². The lowest BCUT2D eigenvalue weighted by molar-refractivity contribution is 0.00231. The van der Waals surface area contributed by atoms with Crippen LogP contribution in [0.3, 0.4) is 0 Å². The fourth-order valence-corrected chi connectivity index (χ4v) is 2.84. The van der Waals surface area contributed by atoms with Crippen LogP contribution in [0.2, 0.25) is 0 Å². The van der Waals surface area contributed by atoms with Crippen LogP contribution in [-0.2, 0) is 0 Å². The quantitative estimate of drug-likeness (QED) is 0.737. The molecule has 4 heteroatoms. The van der Waals surface area contributed by atoms with Crippen molar-refractivity contribution in [3.05, 3.63) is 23.8 Å². The molecule has 0 spiro atoms. The average molecular weight is 273 g/mol. The van der Waals surface area contributed by atoms with Gasteiger partial charge in [-0.1, -0.05) is 13.3 Å². The number of nitrogen functional groups attached to an aromatic ring is 1. The van der Waals surface area contributed by atoms with Crippen molar-refractivity contribution in [2.24, 2.45) is 5.92 Å². The van der Waals surface area contributed by atoms with Crippen LogP contribution < -0.4 is 11.1 Å². The minimum Gasteiger partial charge on any atom is -0.397 e. The highest BCUT2D eigenvalue weighted by Crippen LogP contribution is 2.34. The summed E-state index contributed by atoms with van der Waals surface area (Å²) >= 11 is 0. The highest BCUT2D eigenvalue weighted by molar-refractivity contribution is 5.68. The molecule has 1 aliphatic carbocycles. The lowest BCUT2D eigenvalue weighted by Gasteiger charge is -2.36. The predicted molar refractivity (Wildman–Crippen MR) is 81.3 cm³/mol. The minimum absolute atomic E-state index is 0.489. The fourth-order valence-electron chi connectivity index (χ4n) is 2.84. The number of nitrogens with one attached hydrogen (secondary N) is 1. The maximum atomic E-state index is 10.6. The number of anilines is 2. The van der Waals surface area contributed by atoms with E-state index in [1.165, 1.54) is 6.42 Å². The molecule has 4 nitrogen and oxygen atoms in total. The van der Waals surface area contributed by atoms with E-state index in [-0.39, 0.29) is 0 Å². The smallest absolute Gasteiger partial charge is 0.0992 e. The molecule has 0 bridgehead atoms. The molecule has 4 N–H and O–H groups in total. The van der Waals surface area contributed by atoms with Gasteiger partial charge in [-0.2, -0.15) is 5.26 Å². The van der Waals surface area contributed by atoms with Gasteiger partial charge in [0.1, 0.15) is 0 Å². The zero-order valence-corrected chi connectivity index (χ0v) is 12.0. The van der Waals surface area contributed by atoms with Gasteiger partial charge in [0, 0.05) is 6.54 Å². The first-order valence-electron chi connectivity index (χ1n) is 7.32. The Morgan fingerprint density at radius 3 is 2.75 bits per heavy atom. The monoisotopic (exact) mass is 273 g/mol. The molecule has 0 saturated heterocycles. The Balaban J connectivity index is 1.97. The lowest BCUT2D eigenvalue weighted by Crippen LogP contribution is -2.40. The second-order valence-electron chi connectivity index (χ2n) is 5.84. The summed E-state index contributed by atoms with van der Waals surface area (Å²) in [4.78, 5) is 0. The standard InChI is InChI=1S/C16H23N3O/c1-2-12-5-7-16(20,8-6-12)11-19-15-9-13(10-17)3-4-14(15)18/h3-4,9,12,19-20H,2,5-8,11,18H2,1H3. The average Bonchev–Trinajstić information content (AvgIpc) is 2.47. The molecule has 0 aromatic heterocycles. The maximum Gasteiger partial charge on any atom is 0.0992 e. The molecule has 1 aromatic rings. The van der Waals surface area contributed by atoms with Gasteiger partial charge in [0.25, 0.3) is 0 Å². The van der Waals surface area contributed by atoms with Crippen LogP contribution in [0.25, 0.3) is 0 Å². The van der Waals surface area contributed by atoms with Crippen LogP contribution in [-0.4, -0.2) is 17.3 Å². The first-order valence-corrected chi connectivity index (χ1v) is 7.32. The van der Waals surface area contributed by atoms with E-state index < -0.39 is 5.60 Å². The molecule has 0 amide bonds. The Labute approximate surface area is 120 Å². The molecule has 1 aromatic carbocycles. The largest absolute Gasteiger partial charge is 0.397 e. The molecule has 0 aliphatic heterocycles. The lowest BCUT2D eigenvalue weighted by atomic mass is 9.78. The van der Waals surface area contributed by atoms with Crippen LogP contribution in [0, 0.1) is 17.2 Å². The van der Waals surface area contributed by atoms with Crippen molar-refractivity contribution in [1.82, 2.24) is 0 Å². The number of nitrogens with two attached hydrogens (primary N) is 1. The molecule has 0 radical (unpaired) electrons. The number of hydrogen-bond acceptors (Lipinski definition) is 4. The van der Waals surface area contributed by atoms with E-state index >= 15 is 0 Å². The second-order valence-corrected chi connectivity index (χ2v) is 5.84. The highest BCUT2D eigenvalue weighted by atomic mass is 16.3. The van der Waals surface area contributed by atoms with Crippen molar-refractivity contribution in [3.63, 3.8) is 0 Å². The SMILES string of the molecule is CCC1CCC(O)(CNc2cc(C#N)ccc2N)CC1. The van der Waals surface area contributed by atoms with Gasteiger partial charge in [-0.15, -0.1) is 0 Å². The third-order valence-corrected chi connectivity index (χ3v) is 4.40. The van der Waals surface area contributed by atoms with Crippen molar-refractivity contribution in [1.29, 1.82) is 5.26 Å². The normalized spacial score (nSPS) is 25.9. The Morgan fingerprint density at radius 2 is 2.15 bits per heavy atom. The van der Waals surface area contributed by atoms with Gasteiger partial charge in [-0.05, 0) is 49.8 Å². The van der Waals surface area contributed by atoms with Crippen LogP contribution in [0.4, 0.5) is 11.4 Å². The third kappa shape index (κ3) is 3.43. The summed E-state index contributed by atoms with van der Waals surface area (Å²) < 4.78 is 0. The summed E-state index contributed by atoms with van der Waals surface area (Å²) in [6.45, 7) is 2.70. The van der Waals surface area contributed by atoms with Gasteiger partial charge in [0.15, 0.2) is 0 Å². The van der Waals surface area contributed by atoms with E-state index in [1.54, 1.807) is 18.2 Å². The van der Waals surface area contributed by atoms with Crippen molar-refractivity contribution in [3.8, 4) is 6.07 Å². The summed E-state index contributed by atoms with van der Waals surface area (Å²) in [6, 6.07) is 7.25. The third-order valence-electron chi connectivity index (χ3n) is 4.40. The topological polar surface area (TPSA) is 82.1 Å². The number of hydrogen-bond donors (Lipinski definition) is 3. The number of nitriles is 1. The second kappa shape index (κ2) is 6.15. The van der Waals surface area contributed by atoms with Crippen LogP contribution in [0.5, 0.6) is 0 Å². The van der Waals surface area contributed by atoms with E-state index in [0.717, 1.165) is 37.3 Å². The fraction of sp³-hybridized carbons (Fsp3) is 0.562. The molecule has 1 aliphatic rings. The highest BCUT2D eigenvalue weighted by Gasteiger charge is 2.32. The van der Waals surface area contributed by atoms with Gasteiger partial charge >= 0.3 is 0 Å². The Kier molecular flexibility index (Phi) is 4.51. The molecular weight excluding hydrogens is 250 g/mol. The summed E-state index contributed by atoms with van der Waals surface area (Å²) in [5.74, 6) is 0.752. The van der Waals surface area contributed by atoms with E-state index in [0.29, 0.717) is 17.8 Å². The van der Waals surface area contributed by atoms with Crippen molar-refractivity contribution >= 4 is 11.4 Å². The molecule has 0 heterocycles. The van der Waals surface area contributed by atoms with Gasteiger partial charge in [0.05, 0.1) is 28.6 Å². The van der Waals surface area contributed by atoms with Crippen molar-refractivity contribution in [2.45, 2.75) is 44.6 Å². The summed E-state index contributed by atoms with van der Waals surface area (Å²) in [6.07, 6.45) is 5.03. The molecule has 108 valence electrons. The van der Waals surface area contributed by atoms with Gasteiger partial charge in [0.2, 0.25) is 0 Å². The first kappa shape index (κ1) is 14.7. The zero-order chi connectivity index (χ0) is 14.6. The van der Waals surface area contributed by atoms with E-state index in [4.69, 9.17) is 11.0 Å². The number of benzene rings is 1. The van der Waals surface area contributed by atoms with E-state index in [9.17, 15) is 5.11 Å². The minimum atomic E-state index is -0.652. The van der Waals surface area contributed by atoms with E-state index in [1.807, 2.05) is 0 Å². The summed E-state index contributed by atoms with van der Waals surface area (Å²) in [5.41, 5.74) is 7.15. The first-order chi connectivity index (χ1) is 9.56. The van der Waals surface area contributed by atoms with Gasteiger partial charge in [-0.3, -0.25) is 0 Å². The molecule has 2 rings (SSSR count).